The van der Waals surface area contributed by atoms with E-state index in [-0.39, 0.29) is 0 Å². The van der Waals surface area contributed by atoms with Crippen molar-refractivity contribution >= 4 is 21.9 Å². The van der Waals surface area contributed by atoms with Crippen LogP contribution < -0.4 is 10.1 Å². The number of nitrogens with one attached hydrogen (secondary N) is 1. The predicted molar refractivity (Wildman–Crippen MR) is 84.0 cm³/mol. The van der Waals surface area contributed by atoms with E-state index in [1.165, 1.54) is 0 Å². The van der Waals surface area contributed by atoms with Gasteiger partial charge in [-0.15, -0.1) is 0 Å². The number of anilines is 1. The molecule has 0 atom stereocenters. The fourth-order valence-electron chi connectivity index (χ4n) is 1.71. The lowest BCUT2D eigenvalue weighted by atomic mass is 10.2. The fraction of sp³-hybridized carbons (Fsp3) is 0.333. The molecule has 0 saturated carbocycles. The van der Waals surface area contributed by atoms with Crippen LogP contribution in [0.1, 0.15) is 24.6 Å². The second-order valence-corrected chi connectivity index (χ2v) is 5.43. The van der Waals surface area contributed by atoms with Crippen molar-refractivity contribution in [3.05, 3.63) is 46.1 Å². The monoisotopic (exact) mass is 335 g/mol. The molecule has 0 unspecified atom stereocenters. The minimum Gasteiger partial charge on any atom is -0.473 e. The maximum absolute atomic E-state index is 5.74. The molecule has 0 saturated heterocycles. The molecule has 1 aromatic heterocycles. The molecule has 0 radical (unpaired) electrons. The molecule has 0 spiro atoms. The molecule has 2 rings (SSSR count). The summed E-state index contributed by atoms with van der Waals surface area (Å²) in [6, 6.07) is 9.88. The van der Waals surface area contributed by atoms with Crippen LogP contribution in [-0.4, -0.2) is 16.5 Å². The number of hydrogen-bond donors (Lipinski definition) is 1. The highest BCUT2D eigenvalue weighted by Gasteiger charge is 2.03. The second-order valence-electron chi connectivity index (χ2n) is 4.52. The number of hydrogen-bond acceptors (Lipinski definition) is 4. The normalized spacial score (nSPS) is 10.3. The van der Waals surface area contributed by atoms with Crippen molar-refractivity contribution in [1.82, 2.24) is 9.97 Å². The second kappa shape index (κ2) is 7.24. The number of benzene rings is 1. The van der Waals surface area contributed by atoms with Gasteiger partial charge in [-0.3, -0.25) is 0 Å². The third-order valence-electron chi connectivity index (χ3n) is 2.64. The Balaban J connectivity index is 2.03. The highest BCUT2D eigenvalue weighted by Crippen LogP contribution is 2.16. The smallest absolute Gasteiger partial charge is 0.226 e. The summed E-state index contributed by atoms with van der Waals surface area (Å²) in [5.74, 6) is 1.21. The molecular formula is C15H18BrN3O. The van der Waals surface area contributed by atoms with E-state index in [1.54, 1.807) is 0 Å². The van der Waals surface area contributed by atoms with Crippen LogP contribution in [0.5, 0.6) is 5.88 Å². The lowest BCUT2D eigenvalue weighted by molar-refractivity contribution is 0.293. The number of halogens is 1. The number of nitrogens with zero attached hydrogens (tertiary/aromatic N) is 2. The Bertz CT molecular complexity index is 575. The summed E-state index contributed by atoms with van der Waals surface area (Å²) in [7, 11) is 0. The third kappa shape index (κ3) is 4.49. The van der Waals surface area contributed by atoms with E-state index in [0.717, 1.165) is 28.7 Å². The summed E-state index contributed by atoms with van der Waals surface area (Å²) in [5, 5.41) is 3.17. The average Bonchev–Trinajstić information content (AvgIpc) is 2.42. The van der Waals surface area contributed by atoms with Gasteiger partial charge >= 0.3 is 0 Å². The van der Waals surface area contributed by atoms with Gasteiger partial charge in [-0.2, -0.15) is 4.98 Å². The standard InChI is InChI=1S/C15H18BrN3O/c1-3-7-17-15-18-11(2)8-14(19-15)20-10-12-5-4-6-13(16)9-12/h4-6,8-9H,3,7,10H2,1-2H3,(H,17,18,19). The predicted octanol–water partition coefficient (Wildman–Crippen LogP) is 3.95. The number of aryl methyl sites for hydroxylation is 1. The summed E-state index contributed by atoms with van der Waals surface area (Å²) < 4.78 is 6.78. The minimum atomic E-state index is 0.489. The molecule has 1 N–H and O–H groups in total. The highest BCUT2D eigenvalue weighted by atomic mass is 79.9. The molecule has 0 aliphatic carbocycles. The molecule has 2 aromatic rings. The van der Waals surface area contributed by atoms with Gasteiger partial charge in [0.2, 0.25) is 11.8 Å². The number of aromatic nitrogens is 2. The van der Waals surface area contributed by atoms with Crippen molar-refractivity contribution < 1.29 is 4.74 Å². The Labute approximate surface area is 127 Å². The Morgan fingerprint density at radius 2 is 2.10 bits per heavy atom. The largest absolute Gasteiger partial charge is 0.473 e. The van der Waals surface area contributed by atoms with E-state index in [2.05, 4.69) is 38.1 Å². The fourth-order valence-corrected chi connectivity index (χ4v) is 2.16. The molecule has 20 heavy (non-hydrogen) atoms. The topological polar surface area (TPSA) is 47.0 Å². The molecule has 1 heterocycles. The maximum Gasteiger partial charge on any atom is 0.226 e. The van der Waals surface area contributed by atoms with Crippen LogP contribution in [0.3, 0.4) is 0 Å². The first-order valence-electron chi connectivity index (χ1n) is 6.64. The number of ether oxygens (including phenoxy) is 1. The van der Waals surface area contributed by atoms with Gasteiger partial charge in [0, 0.05) is 22.8 Å². The third-order valence-corrected chi connectivity index (χ3v) is 3.13. The van der Waals surface area contributed by atoms with E-state index in [9.17, 15) is 0 Å². The van der Waals surface area contributed by atoms with Crippen LogP contribution in [-0.2, 0) is 6.61 Å². The van der Waals surface area contributed by atoms with Crippen LogP contribution in [0.15, 0.2) is 34.8 Å². The number of rotatable bonds is 6. The van der Waals surface area contributed by atoms with Gasteiger partial charge in [0.1, 0.15) is 6.61 Å². The van der Waals surface area contributed by atoms with Crippen LogP contribution in [0.2, 0.25) is 0 Å². The van der Waals surface area contributed by atoms with Crippen LogP contribution >= 0.6 is 15.9 Å². The first kappa shape index (κ1) is 14.8. The quantitative estimate of drug-likeness (QED) is 0.868. The van der Waals surface area contributed by atoms with E-state index < -0.39 is 0 Å². The van der Waals surface area contributed by atoms with Gasteiger partial charge in [-0.1, -0.05) is 35.0 Å². The van der Waals surface area contributed by atoms with Gasteiger partial charge in [0.05, 0.1) is 0 Å². The molecule has 0 fully saturated rings. The summed E-state index contributed by atoms with van der Waals surface area (Å²) >= 11 is 3.45. The molecule has 4 nitrogen and oxygen atoms in total. The zero-order chi connectivity index (χ0) is 14.4. The average molecular weight is 336 g/mol. The molecule has 0 aliphatic rings. The van der Waals surface area contributed by atoms with E-state index >= 15 is 0 Å². The molecular weight excluding hydrogens is 318 g/mol. The lowest BCUT2D eigenvalue weighted by Crippen LogP contribution is -2.07. The Kier molecular flexibility index (Phi) is 5.35. The minimum absolute atomic E-state index is 0.489. The maximum atomic E-state index is 5.74. The Hall–Kier alpha value is -1.62. The van der Waals surface area contributed by atoms with E-state index in [4.69, 9.17) is 4.74 Å². The first-order valence-corrected chi connectivity index (χ1v) is 7.43. The molecule has 5 heteroatoms. The Morgan fingerprint density at radius 3 is 2.85 bits per heavy atom. The summed E-state index contributed by atoms with van der Waals surface area (Å²) in [6.07, 6.45) is 1.03. The van der Waals surface area contributed by atoms with Crippen LogP contribution in [0.4, 0.5) is 5.95 Å². The molecule has 106 valence electrons. The van der Waals surface area contributed by atoms with Crippen molar-refractivity contribution in [3.8, 4) is 5.88 Å². The zero-order valence-corrected chi connectivity index (χ0v) is 13.3. The van der Waals surface area contributed by atoms with Gasteiger partial charge in [-0.25, -0.2) is 4.98 Å². The van der Waals surface area contributed by atoms with E-state index in [1.807, 2.05) is 37.3 Å². The summed E-state index contributed by atoms with van der Waals surface area (Å²) in [6.45, 7) is 5.38. The van der Waals surface area contributed by atoms with Crippen LogP contribution in [0, 0.1) is 6.92 Å². The van der Waals surface area contributed by atoms with Crippen molar-refractivity contribution in [2.45, 2.75) is 26.9 Å². The van der Waals surface area contributed by atoms with Gasteiger partial charge in [0.25, 0.3) is 0 Å². The molecule has 1 aromatic carbocycles. The molecule has 0 amide bonds. The van der Waals surface area contributed by atoms with E-state index in [0.29, 0.717) is 18.4 Å². The molecule has 0 aliphatic heterocycles. The summed E-state index contributed by atoms with van der Waals surface area (Å²) in [5.41, 5.74) is 1.99. The van der Waals surface area contributed by atoms with Crippen molar-refractivity contribution in [2.75, 3.05) is 11.9 Å². The first-order chi connectivity index (χ1) is 9.67. The zero-order valence-electron chi connectivity index (χ0n) is 11.7. The molecule has 0 bridgehead atoms. The van der Waals surface area contributed by atoms with Crippen LogP contribution in [0.25, 0.3) is 0 Å². The summed E-state index contributed by atoms with van der Waals surface area (Å²) in [4.78, 5) is 8.68. The van der Waals surface area contributed by atoms with Crippen molar-refractivity contribution in [2.24, 2.45) is 0 Å². The lowest BCUT2D eigenvalue weighted by Gasteiger charge is -2.09. The van der Waals surface area contributed by atoms with Gasteiger partial charge in [-0.05, 0) is 31.0 Å². The van der Waals surface area contributed by atoms with Crippen molar-refractivity contribution in [1.29, 1.82) is 0 Å². The Morgan fingerprint density at radius 1 is 1.25 bits per heavy atom. The highest BCUT2D eigenvalue weighted by molar-refractivity contribution is 9.10. The van der Waals surface area contributed by atoms with Gasteiger partial charge < -0.3 is 10.1 Å². The van der Waals surface area contributed by atoms with Crippen molar-refractivity contribution in [3.63, 3.8) is 0 Å². The van der Waals surface area contributed by atoms with Gasteiger partial charge in [0.15, 0.2) is 0 Å². The SMILES string of the molecule is CCCNc1nc(C)cc(OCc2cccc(Br)c2)n1.